The molecule has 0 aliphatic rings. The fourth-order valence-corrected chi connectivity index (χ4v) is 2.98. The number of hydrogen-bond acceptors (Lipinski definition) is 3. The normalized spacial score (nSPS) is 13.1. The summed E-state index contributed by atoms with van der Waals surface area (Å²) < 4.78 is 0.717. The Balaban J connectivity index is 0.00000220. The lowest BCUT2D eigenvalue weighted by Gasteiger charge is -2.16. The minimum atomic E-state index is -0.546. The molecule has 2 aromatic rings. The van der Waals surface area contributed by atoms with E-state index in [1.54, 1.807) is 0 Å². The molecular formula is C15H18Cl2N2OS. The molecule has 1 amide bonds. The van der Waals surface area contributed by atoms with Crippen LogP contribution < -0.4 is 11.1 Å². The van der Waals surface area contributed by atoms with Crippen LogP contribution in [-0.2, 0) is 11.2 Å². The quantitative estimate of drug-likeness (QED) is 0.870. The minimum absolute atomic E-state index is 0. The summed E-state index contributed by atoms with van der Waals surface area (Å²) in [6.45, 7) is 1.93. The van der Waals surface area contributed by atoms with E-state index in [1.165, 1.54) is 11.3 Å². The first-order chi connectivity index (χ1) is 9.56. The Morgan fingerprint density at radius 1 is 1.29 bits per heavy atom. The first-order valence-corrected chi connectivity index (χ1v) is 7.61. The highest BCUT2D eigenvalue weighted by atomic mass is 35.5. The van der Waals surface area contributed by atoms with Crippen LogP contribution in [0.4, 0.5) is 0 Å². The molecule has 0 radical (unpaired) electrons. The number of benzene rings is 1. The number of nitrogens with one attached hydrogen (secondary N) is 1. The lowest BCUT2D eigenvalue weighted by atomic mass is 10.1. The van der Waals surface area contributed by atoms with Crippen molar-refractivity contribution in [3.05, 3.63) is 57.2 Å². The van der Waals surface area contributed by atoms with Gasteiger partial charge in [0.15, 0.2) is 0 Å². The van der Waals surface area contributed by atoms with Crippen molar-refractivity contribution < 1.29 is 4.79 Å². The van der Waals surface area contributed by atoms with Gasteiger partial charge in [-0.15, -0.1) is 23.7 Å². The zero-order valence-electron chi connectivity index (χ0n) is 11.6. The number of rotatable bonds is 5. The molecule has 3 N–H and O–H groups in total. The number of thiophene rings is 1. The summed E-state index contributed by atoms with van der Waals surface area (Å²) in [7, 11) is 0. The zero-order chi connectivity index (χ0) is 14.5. The van der Waals surface area contributed by atoms with Crippen molar-refractivity contribution in [3.63, 3.8) is 0 Å². The third-order valence-electron chi connectivity index (χ3n) is 3.01. The van der Waals surface area contributed by atoms with E-state index >= 15 is 0 Å². The highest BCUT2D eigenvalue weighted by Gasteiger charge is 2.17. The van der Waals surface area contributed by atoms with Crippen LogP contribution in [0, 0.1) is 0 Å². The fourth-order valence-electron chi connectivity index (χ4n) is 1.91. The third kappa shape index (κ3) is 5.32. The Kier molecular flexibility index (Phi) is 7.18. The van der Waals surface area contributed by atoms with E-state index in [0.717, 1.165) is 14.8 Å². The molecule has 2 atom stereocenters. The number of hydrogen-bond donors (Lipinski definition) is 2. The monoisotopic (exact) mass is 344 g/mol. The van der Waals surface area contributed by atoms with Crippen molar-refractivity contribution in [1.82, 2.24) is 5.32 Å². The van der Waals surface area contributed by atoms with E-state index in [9.17, 15) is 4.79 Å². The van der Waals surface area contributed by atoms with E-state index in [1.807, 2.05) is 49.4 Å². The van der Waals surface area contributed by atoms with Gasteiger partial charge in [-0.3, -0.25) is 4.79 Å². The van der Waals surface area contributed by atoms with Crippen molar-refractivity contribution >= 4 is 41.3 Å². The standard InChI is InChI=1S/C15H17ClN2OS.ClH/c1-10(13-7-8-14(16)20-13)18-15(19)12(17)9-11-5-3-2-4-6-11;/h2-8,10,12H,9,17H2,1H3,(H,18,19);1H/t10?,12-;/m0./s1. The molecule has 1 aromatic carbocycles. The van der Waals surface area contributed by atoms with Gasteiger partial charge >= 0.3 is 0 Å². The average Bonchev–Trinajstić information content (AvgIpc) is 2.86. The van der Waals surface area contributed by atoms with Crippen molar-refractivity contribution in [2.75, 3.05) is 0 Å². The highest BCUT2D eigenvalue weighted by molar-refractivity contribution is 7.16. The molecule has 0 fully saturated rings. The first kappa shape index (κ1) is 18.0. The molecule has 3 nitrogen and oxygen atoms in total. The van der Waals surface area contributed by atoms with Crippen LogP contribution in [-0.4, -0.2) is 11.9 Å². The summed E-state index contributed by atoms with van der Waals surface area (Å²) in [4.78, 5) is 13.1. The van der Waals surface area contributed by atoms with Gasteiger partial charge in [0, 0.05) is 4.88 Å². The van der Waals surface area contributed by atoms with Crippen molar-refractivity contribution in [3.8, 4) is 0 Å². The van der Waals surface area contributed by atoms with Crippen LogP contribution in [0.15, 0.2) is 42.5 Å². The molecule has 0 aliphatic carbocycles. The SMILES string of the molecule is CC(NC(=O)[C@@H](N)Cc1ccccc1)c1ccc(Cl)s1.Cl. The van der Waals surface area contributed by atoms with E-state index in [4.69, 9.17) is 17.3 Å². The molecule has 0 aliphatic heterocycles. The van der Waals surface area contributed by atoms with Crippen LogP contribution in [0.25, 0.3) is 0 Å². The Morgan fingerprint density at radius 3 is 2.52 bits per heavy atom. The third-order valence-corrected chi connectivity index (χ3v) is 4.43. The van der Waals surface area contributed by atoms with Crippen LogP contribution in [0.1, 0.15) is 23.4 Å². The number of amides is 1. The van der Waals surface area contributed by atoms with Crippen LogP contribution >= 0.6 is 35.3 Å². The maximum absolute atomic E-state index is 12.1. The highest BCUT2D eigenvalue weighted by Crippen LogP contribution is 2.26. The summed E-state index contributed by atoms with van der Waals surface area (Å²) in [5.74, 6) is -0.147. The summed E-state index contributed by atoms with van der Waals surface area (Å²) in [6.07, 6.45) is 0.532. The van der Waals surface area contributed by atoms with Crippen molar-refractivity contribution in [2.24, 2.45) is 5.73 Å². The van der Waals surface area contributed by atoms with Gasteiger partial charge in [-0.25, -0.2) is 0 Å². The van der Waals surface area contributed by atoms with E-state index in [0.29, 0.717) is 6.42 Å². The molecule has 2 rings (SSSR count). The topological polar surface area (TPSA) is 55.1 Å². The lowest BCUT2D eigenvalue weighted by Crippen LogP contribution is -2.42. The van der Waals surface area contributed by atoms with Gasteiger partial charge in [0.05, 0.1) is 16.4 Å². The molecule has 1 heterocycles. The van der Waals surface area contributed by atoms with Crippen LogP contribution in [0.2, 0.25) is 4.34 Å². The molecule has 21 heavy (non-hydrogen) atoms. The zero-order valence-corrected chi connectivity index (χ0v) is 14.0. The number of halogens is 2. The average molecular weight is 345 g/mol. The minimum Gasteiger partial charge on any atom is -0.347 e. The van der Waals surface area contributed by atoms with Gasteiger partial charge in [0.2, 0.25) is 5.91 Å². The van der Waals surface area contributed by atoms with Crippen molar-refractivity contribution in [1.29, 1.82) is 0 Å². The van der Waals surface area contributed by atoms with Gasteiger partial charge in [-0.1, -0.05) is 41.9 Å². The lowest BCUT2D eigenvalue weighted by molar-refractivity contribution is -0.122. The summed E-state index contributed by atoms with van der Waals surface area (Å²) in [5.41, 5.74) is 7.00. The van der Waals surface area contributed by atoms with Gasteiger partial charge in [-0.05, 0) is 31.0 Å². The Labute approximate surface area is 139 Å². The Hall–Kier alpha value is -1.07. The van der Waals surface area contributed by atoms with Gasteiger partial charge in [0.25, 0.3) is 0 Å². The van der Waals surface area contributed by atoms with Crippen LogP contribution in [0.3, 0.4) is 0 Å². The van der Waals surface area contributed by atoms with Gasteiger partial charge in [0.1, 0.15) is 0 Å². The first-order valence-electron chi connectivity index (χ1n) is 6.41. The smallest absolute Gasteiger partial charge is 0.237 e. The molecule has 114 valence electrons. The maximum Gasteiger partial charge on any atom is 0.237 e. The van der Waals surface area contributed by atoms with E-state index in [2.05, 4.69) is 5.32 Å². The van der Waals surface area contributed by atoms with Gasteiger partial charge in [-0.2, -0.15) is 0 Å². The van der Waals surface area contributed by atoms with E-state index < -0.39 is 6.04 Å². The summed E-state index contributed by atoms with van der Waals surface area (Å²) >= 11 is 7.36. The molecule has 0 saturated heterocycles. The second kappa shape index (κ2) is 8.39. The molecule has 1 aromatic heterocycles. The second-order valence-electron chi connectivity index (χ2n) is 4.67. The molecule has 0 spiro atoms. The molecule has 0 bridgehead atoms. The molecule has 6 heteroatoms. The van der Waals surface area contributed by atoms with E-state index in [-0.39, 0.29) is 24.4 Å². The Morgan fingerprint density at radius 2 is 1.95 bits per heavy atom. The summed E-state index contributed by atoms with van der Waals surface area (Å²) in [5, 5.41) is 2.92. The maximum atomic E-state index is 12.1. The number of nitrogens with two attached hydrogens (primary N) is 1. The fraction of sp³-hybridized carbons (Fsp3) is 0.267. The predicted molar refractivity (Wildman–Crippen MR) is 91.3 cm³/mol. The largest absolute Gasteiger partial charge is 0.347 e. The number of carbonyl (C=O) groups is 1. The Bertz CT molecular complexity index is 574. The van der Waals surface area contributed by atoms with Crippen molar-refractivity contribution in [2.45, 2.75) is 25.4 Å². The molecule has 0 saturated carbocycles. The molecule has 1 unspecified atom stereocenters. The predicted octanol–water partition coefficient (Wildman–Crippen LogP) is 3.57. The molecular weight excluding hydrogens is 327 g/mol. The van der Waals surface area contributed by atoms with Gasteiger partial charge < -0.3 is 11.1 Å². The second-order valence-corrected chi connectivity index (χ2v) is 6.42. The number of carbonyl (C=O) groups excluding carboxylic acids is 1. The summed E-state index contributed by atoms with van der Waals surface area (Å²) in [6, 6.07) is 12.9. The van der Waals surface area contributed by atoms with Crippen LogP contribution in [0.5, 0.6) is 0 Å².